The smallest absolute Gasteiger partial charge is 0.270 e. The summed E-state index contributed by atoms with van der Waals surface area (Å²) in [5, 5.41) is 13.8. The second-order valence-corrected chi connectivity index (χ2v) is 6.58. The fourth-order valence-corrected chi connectivity index (χ4v) is 3.26. The van der Waals surface area contributed by atoms with Crippen LogP contribution in [0.5, 0.6) is 5.75 Å². The molecule has 0 fully saturated rings. The standard InChI is InChI=1S/C15H10BrN3O4S/c16-10-3-1-2-4-12(10)23-8-14(20)18-15-17-11-6-5-9(19(21)22)7-13(11)24-15/h1-7H,8H2,(H,17,18,20). The summed E-state index contributed by atoms with van der Waals surface area (Å²) in [7, 11) is 0. The average molecular weight is 408 g/mol. The molecule has 3 rings (SSSR count). The lowest BCUT2D eigenvalue weighted by Gasteiger charge is -2.07. The molecule has 0 bridgehead atoms. The minimum Gasteiger partial charge on any atom is -0.483 e. The van der Waals surface area contributed by atoms with Crippen LogP contribution in [0, 0.1) is 10.1 Å². The van der Waals surface area contributed by atoms with E-state index in [0.717, 1.165) is 4.47 Å². The third-order valence-corrected chi connectivity index (χ3v) is 4.61. The molecule has 24 heavy (non-hydrogen) atoms. The van der Waals surface area contributed by atoms with E-state index < -0.39 is 4.92 Å². The number of carbonyl (C=O) groups excluding carboxylic acids is 1. The van der Waals surface area contributed by atoms with E-state index in [1.807, 2.05) is 12.1 Å². The van der Waals surface area contributed by atoms with Gasteiger partial charge in [-0.25, -0.2) is 4.98 Å². The van der Waals surface area contributed by atoms with Crippen LogP contribution in [-0.4, -0.2) is 22.4 Å². The van der Waals surface area contributed by atoms with E-state index in [1.54, 1.807) is 18.2 Å². The van der Waals surface area contributed by atoms with Crippen molar-refractivity contribution < 1.29 is 14.5 Å². The first kappa shape index (κ1) is 16.3. The van der Waals surface area contributed by atoms with E-state index in [4.69, 9.17) is 4.74 Å². The Kier molecular flexibility index (Phi) is 4.72. The van der Waals surface area contributed by atoms with Gasteiger partial charge in [0, 0.05) is 12.1 Å². The van der Waals surface area contributed by atoms with Gasteiger partial charge < -0.3 is 4.74 Å². The molecule has 0 saturated heterocycles. The van der Waals surface area contributed by atoms with Crippen molar-refractivity contribution in [3.05, 3.63) is 57.1 Å². The number of anilines is 1. The fourth-order valence-electron chi connectivity index (χ4n) is 1.94. The zero-order valence-electron chi connectivity index (χ0n) is 12.1. The number of non-ortho nitro benzene ring substituents is 1. The number of aromatic nitrogens is 1. The second kappa shape index (κ2) is 6.93. The highest BCUT2D eigenvalue weighted by Gasteiger charge is 2.12. The molecule has 0 saturated carbocycles. The molecule has 122 valence electrons. The SMILES string of the molecule is O=C(COc1ccccc1Br)Nc1nc2ccc([N+](=O)[O-])cc2s1. The summed E-state index contributed by atoms with van der Waals surface area (Å²) in [5.41, 5.74) is 0.578. The first-order valence-corrected chi connectivity index (χ1v) is 8.36. The van der Waals surface area contributed by atoms with Gasteiger partial charge in [-0.15, -0.1) is 0 Å². The number of ether oxygens (including phenoxy) is 1. The Morgan fingerprint density at radius 2 is 2.12 bits per heavy atom. The summed E-state index contributed by atoms with van der Waals surface area (Å²) in [6.45, 7) is -0.168. The van der Waals surface area contributed by atoms with Gasteiger partial charge in [0.15, 0.2) is 11.7 Å². The van der Waals surface area contributed by atoms with E-state index in [0.29, 0.717) is 21.1 Å². The molecule has 0 atom stereocenters. The summed E-state index contributed by atoms with van der Waals surface area (Å²) in [6, 6.07) is 11.6. The van der Waals surface area contributed by atoms with E-state index in [1.165, 1.54) is 23.5 Å². The number of amides is 1. The number of halogens is 1. The number of hydrogen-bond donors (Lipinski definition) is 1. The molecule has 1 amide bonds. The Morgan fingerprint density at radius 3 is 2.88 bits per heavy atom. The number of benzene rings is 2. The van der Waals surface area contributed by atoms with Crippen LogP contribution < -0.4 is 10.1 Å². The summed E-state index contributed by atoms with van der Waals surface area (Å²) in [5.74, 6) is 0.201. The summed E-state index contributed by atoms with van der Waals surface area (Å²) < 4.78 is 6.81. The van der Waals surface area contributed by atoms with E-state index in [-0.39, 0.29) is 18.2 Å². The minimum atomic E-state index is -0.469. The Balaban J connectivity index is 1.67. The van der Waals surface area contributed by atoms with Gasteiger partial charge in [-0.2, -0.15) is 0 Å². The van der Waals surface area contributed by atoms with E-state index in [9.17, 15) is 14.9 Å². The molecular weight excluding hydrogens is 398 g/mol. The lowest BCUT2D eigenvalue weighted by molar-refractivity contribution is -0.384. The highest BCUT2D eigenvalue weighted by atomic mass is 79.9. The van der Waals surface area contributed by atoms with Gasteiger partial charge in [-0.1, -0.05) is 23.5 Å². The van der Waals surface area contributed by atoms with Crippen molar-refractivity contribution in [2.45, 2.75) is 0 Å². The van der Waals surface area contributed by atoms with Crippen LogP contribution in [0.15, 0.2) is 46.9 Å². The van der Waals surface area contributed by atoms with Gasteiger partial charge in [-0.3, -0.25) is 20.2 Å². The highest BCUT2D eigenvalue weighted by Crippen LogP contribution is 2.29. The monoisotopic (exact) mass is 407 g/mol. The highest BCUT2D eigenvalue weighted by molar-refractivity contribution is 9.10. The van der Waals surface area contributed by atoms with Gasteiger partial charge in [0.1, 0.15) is 5.75 Å². The van der Waals surface area contributed by atoms with Crippen molar-refractivity contribution in [1.29, 1.82) is 0 Å². The van der Waals surface area contributed by atoms with Crippen molar-refractivity contribution in [2.75, 3.05) is 11.9 Å². The average Bonchev–Trinajstić information content (AvgIpc) is 2.95. The second-order valence-electron chi connectivity index (χ2n) is 4.70. The molecule has 1 heterocycles. The number of nitro benzene ring substituents is 1. The van der Waals surface area contributed by atoms with Gasteiger partial charge in [-0.05, 0) is 34.1 Å². The summed E-state index contributed by atoms with van der Waals surface area (Å²) >= 11 is 4.50. The van der Waals surface area contributed by atoms with Crippen LogP contribution in [-0.2, 0) is 4.79 Å². The Hall–Kier alpha value is -2.52. The lowest BCUT2D eigenvalue weighted by atomic mass is 10.3. The Labute approximate surface area is 148 Å². The number of carbonyl (C=O) groups is 1. The van der Waals surface area contributed by atoms with E-state index in [2.05, 4.69) is 26.2 Å². The number of fused-ring (bicyclic) bond motifs is 1. The molecule has 0 aliphatic heterocycles. The quantitative estimate of drug-likeness (QED) is 0.509. The van der Waals surface area contributed by atoms with Gasteiger partial charge in [0.25, 0.3) is 11.6 Å². The van der Waals surface area contributed by atoms with E-state index >= 15 is 0 Å². The molecule has 0 aliphatic carbocycles. The van der Waals surface area contributed by atoms with Gasteiger partial charge in [0.05, 0.1) is 19.6 Å². The number of nitrogens with zero attached hydrogens (tertiary/aromatic N) is 2. The molecule has 0 aliphatic rings. The Bertz CT molecular complexity index is 928. The molecule has 3 aromatic rings. The maximum atomic E-state index is 12.0. The lowest BCUT2D eigenvalue weighted by Crippen LogP contribution is -2.20. The first-order valence-electron chi connectivity index (χ1n) is 6.75. The number of nitrogens with one attached hydrogen (secondary N) is 1. The third kappa shape index (κ3) is 3.69. The first-order chi connectivity index (χ1) is 11.5. The third-order valence-electron chi connectivity index (χ3n) is 3.02. The van der Waals surface area contributed by atoms with Crippen LogP contribution in [0.2, 0.25) is 0 Å². The number of thiazole rings is 1. The van der Waals surface area contributed by atoms with Crippen LogP contribution in [0.4, 0.5) is 10.8 Å². The zero-order valence-corrected chi connectivity index (χ0v) is 14.5. The van der Waals surface area contributed by atoms with Crippen LogP contribution in [0.1, 0.15) is 0 Å². The topological polar surface area (TPSA) is 94.4 Å². The number of hydrogen-bond acceptors (Lipinski definition) is 6. The zero-order chi connectivity index (χ0) is 17.1. The van der Waals surface area contributed by atoms with Crippen LogP contribution in [0.25, 0.3) is 10.2 Å². The summed E-state index contributed by atoms with van der Waals surface area (Å²) in [6.07, 6.45) is 0. The molecule has 9 heteroatoms. The van der Waals surface area contributed by atoms with Crippen molar-refractivity contribution in [2.24, 2.45) is 0 Å². The van der Waals surface area contributed by atoms with Crippen molar-refractivity contribution in [1.82, 2.24) is 4.98 Å². The molecule has 2 aromatic carbocycles. The maximum Gasteiger partial charge on any atom is 0.270 e. The van der Waals surface area contributed by atoms with Gasteiger partial charge in [0.2, 0.25) is 0 Å². The predicted octanol–water partition coefficient (Wildman–Crippen LogP) is 3.98. The van der Waals surface area contributed by atoms with Crippen molar-refractivity contribution >= 4 is 54.2 Å². The molecule has 0 spiro atoms. The van der Waals surface area contributed by atoms with Crippen molar-refractivity contribution in [3.63, 3.8) is 0 Å². The molecule has 7 nitrogen and oxygen atoms in total. The predicted molar refractivity (Wildman–Crippen MR) is 94.5 cm³/mol. The largest absolute Gasteiger partial charge is 0.483 e. The molecule has 1 N–H and O–H groups in total. The number of para-hydroxylation sites is 1. The van der Waals surface area contributed by atoms with Crippen LogP contribution >= 0.6 is 27.3 Å². The molecular formula is C15H10BrN3O4S. The van der Waals surface area contributed by atoms with Crippen LogP contribution in [0.3, 0.4) is 0 Å². The fraction of sp³-hybridized carbons (Fsp3) is 0.0667. The molecule has 0 radical (unpaired) electrons. The molecule has 1 aromatic heterocycles. The normalized spacial score (nSPS) is 10.5. The van der Waals surface area contributed by atoms with Gasteiger partial charge >= 0.3 is 0 Å². The summed E-state index contributed by atoms with van der Waals surface area (Å²) in [4.78, 5) is 26.5. The molecule has 0 unspecified atom stereocenters. The minimum absolute atomic E-state index is 0.0127. The maximum absolute atomic E-state index is 12.0. The number of rotatable bonds is 5. The Morgan fingerprint density at radius 1 is 1.33 bits per heavy atom. The van der Waals surface area contributed by atoms with Crippen molar-refractivity contribution in [3.8, 4) is 5.75 Å². The number of nitro groups is 1.